The second-order valence-electron chi connectivity index (χ2n) is 5.44. The molecule has 112 valence electrons. The Bertz CT molecular complexity index is 608. The Morgan fingerprint density at radius 3 is 2.67 bits per heavy atom. The molecule has 1 aromatic rings. The van der Waals surface area contributed by atoms with E-state index in [1.165, 1.54) is 11.0 Å². The topological polar surface area (TPSA) is 58.7 Å². The van der Waals surface area contributed by atoms with E-state index < -0.39 is 23.8 Å². The number of urea groups is 1. The van der Waals surface area contributed by atoms with Gasteiger partial charge in [0.1, 0.15) is 11.9 Å². The zero-order valence-electron chi connectivity index (χ0n) is 11.1. The summed E-state index contributed by atoms with van der Waals surface area (Å²) in [5.41, 5.74) is 5.35. The molecule has 0 aromatic heterocycles. The number of rotatable bonds is 3. The molecule has 1 unspecified atom stereocenters. The SMILES string of the molecule is NC1=NC(=O)N(CC2CC2)C1c1cccc(C(F)(F)F)c1. The van der Waals surface area contributed by atoms with Crippen LogP contribution in [0.5, 0.6) is 0 Å². The highest BCUT2D eigenvalue weighted by molar-refractivity contribution is 6.03. The van der Waals surface area contributed by atoms with E-state index in [4.69, 9.17) is 5.73 Å². The molecular weight excluding hydrogens is 283 g/mol. The molecule has 3 rings (SSSR count). The summed E-state index contributed by atoms with van der Waals surface area (Å²) in [4.78, 5) is 17.0. The average Bonchev–Trinajstić information content (AvgIpc) is 3.16. The van der Waals surface area contributed by atoms with Crippen molar-refractivity contribution in [1.82, 2.24) is 4.90 Å². The summed E-state index contributed by atoms with van der Waals surface area (Å²) >= 11 is 0. The zero-order valence-corrected chi connectivity index (χ0v) is 11.1. The van der Waals surface area contributed by atoms with E-state index in [1.807, 2.05) is 0 Å². The third-order valence-electron chi connectivity index (χ3n) is 3.74. The molecule has 0 spiro atoms. The van der Waals surface area contributed by atoms with Crippen LogP contribution in [0.15, 0.2) is 29.3 Å². The summed E-state index contributed by atoms with van der Waals surface area (Å²) in [6.45, 7) is 0.490. The number of nitrogens with zero attached hydrogens (tertiary/aromatic N) is 2. The largest absolute Gasteiger partial charge is 0.416 e. The predicted molar refractivity (Wildman–Crippen MR) is 70.6 cm³/mol. The van der Waals surface area contributed by atoms with Gasteiger partial charge >= 0.3 is 12.2 Å². The van der Waals surface area contributed by atoms with Gasteiger partial charge in [-0.2, -0.15) is 18.2 Å². The molecule has 0 saturated heterocycles. The van der Waals surface area contributed by atoms with Crippen LogP contribution in [-0.4, -0.2) is 23.3 Å². The van der Waals surface area contributed by atoms with Crippen molar-refractivity contribution in [3.63, 3.8) is 0 Å². The number of amides is 2. The van der Waals surface area contributed by atoms with Crippen LogP contribution in [0.3, 0.4) is 0 Å². The van der Waals surface area contributed by atoms with Gasteiger partial charge in [-0.15, -0.1) is 0 Å². The molecule has 4 nitrogen and oxygen atoms in total. The van der Waals surface area contributed by atoms with Crippen molar-refractivity contribution in [2.45, 2.75) is 25.1 Å². The standard InChI is InChI=1S/C14H14F3N3O/c15-14(16,17)10-3-1-2-9(6-10)11-12(18)19-13(21)20(11)7-8-4-5-8/h1-3,6,8,11H,4-5,7H2,(H2,18,19,21). The molecule has 1 saturated carbocycles. The normalized spacial score (nSPS) is 22.6. The lowest BCUT2D eigenvalue weighted by Gasteiger charge is -2.25. The summed E-state index contributed by atoms with van der Waals surface area (Å²) in [7, 11) is 0. The van der Waals surface area contributed by atoms with Crippen molar-refractivity contribution < 1.29 is 18.0 Å². The van der Waals surface area contributed by atoms with Crippen molar-refractivity contribution in [1.29, 1.82) is 0 Å². The van der Waals surface area contributed by atoms with Gasteiger partial charge in [0.25, 0.3) is 0 Å². The van der Waals surface area contributed by atoms with E-state index in [1.54, 1.807) is 6.07 Å². The number of carbonyl (C=O) groups excluding carboxylic acids is 1. The van der Waals surface area contributed by atoms with E-state index >= 15 is 0 Å². The molecule has 0 bridgehead atoms. The molecule has 1 atom stereocenters. The average molecular weight is 297 g/mol. The molecule has 1 aromatic carbocycles. The maximum Gasteiger partial charge on any atom is 0.416 e. The lowest BCUT2D eigenvalue weighted by Crippen LogP contribution is -2.35. The number of benzene rings is 1. The van der Waals surface area contributed by atoms with Crippen LogP contribution in [0, 0.1) is 5.92 Å². The van der Waals surface area contributed by atoms with Crippen LogP contribution in [0.4, 0.5) is 18.0 Å². The lowest BCUT2D eigenvalue weighted by molar-refractivity contribution is -0.137. The van der Waals surface area contributed by atoms with Gasteiger partial charge in [0.2, 0.25) is 0 Å². The monoisotopic (exact) mass is 297 g/mol. The molecule has 2 amide bonds. The van der Waals surface area contributed by atoms with Crippen molar-refractivity contribution in [2.24, 2.45) is 16.6 Å². The molecule has 2 aliphatic rings. The van der Waals surface area contributed by atoms with Gasteiger partial charge in [0.15, 0.2) is 0 Å². The van der Waals surface area contributed by atoms with E-state index in [0.717, 1.165) is 25.0 Å². The number of halogens is 3. The van der Waals surface area contributed by atoms with Gasteiger partial charge in [-0.25, -0.2) is 4.79 Å². The van der Waals surface area contributed by atoms with Gasteiger partial charge in [0.05, 0.1) is 5.56 Å². The van der Waals surface area contributed by atoms with Crippen LogP contribution in [0.25, 0.3) is 0 Å². The minimum absolute atomic E-state index is 0.0555. The fraction of sp³-hybridized carbons (Fsp3) is 0.429. The van der Waals surface area contributed by atoms with Gasteiger partial charge in [-0.1, -0.05) is 12.1 Å². The Kier molecular flexibility index (Phi) is 3.15. The Morgan fingerprint density at radius 2 is 2.05 bits per heavy atom. The van der Waals surface area contributed by atoms with Gasteiger partial charge in [-0.3, -0.25) is 0 Å². The summed E-state index contributed by atoms with van der Waals surface area (Å²) in [6, 6.07) is 3.73. The van der Waals surface area contributed by atoms with Crippen LogP contribution in [-0.2, 0) is 6.18 Å². The summed E-state index contributed by atoms with van der Waals surface area (Å²) < 4.78 is 38.4. The van der Waals surface area contributed by atoms with Crippen LogP contribution < -0.4 is 5.73 Å². The Hall–Kier alpha value is -2.05. The van der Waals surface area contributed by atoms with Gasteiger partial charge in [-0.05, 0) is 36.5 Å². The first-order chi connectivity index (χ1) is 9.86. The van der Waals surface area contributed by atoms with Crippen molar-refractivity contribution >= 4 is 11.9 Å². The van der Waals surface area contributed by atoms with Crippen LogP contribution in [0.2, 0.25) is 0 Å². The number of nitrogens with two attached hydrogens (primary N) is 1. The van der Waals surface area contributed by atoms with Gasteiger partial charge in [0, 0.05) is 6.54 Å². The molecule has 0 radical (unpaired) electrons. The van der Waals surface area contributed by atoms with E-state index in [9.17, 15) is 18.0 Å². The number of amidine groups is 1. The molecule has 7 heteroatoms. The maximum atomic E-state index is 12.8. The van der Waals surface area contributed by atoms with Crippen molar-refractivity contribution in [3.05, 3.63) is 35.4 Å². The third kappa shape index (κ3) is 2.72. The molecule has 2 N–H and O–H groups in total. The molecule has 1 heterocycles. The lowest BCUT2D eigenvalue weighted by atomic mass is 10.0. The first kappa shape index (κ1) is 13.9. The Balaban J connectivity index is 1.93. The molecule has 1 aliphatic carbocycles. The number of hydrogen-bond donors (Lipinski definition) is 1. The molecule has 1 aliphatic heterocycles. The van der Waals surface area contributed by atoms with Gasteiger partial charge < -0.3 is 10.6 Å². The third-order valence-corrected chi connectivity index (χ3v) is 3.74. The number of hydrogen-bond acceptors (Lipinski definition) is 2. The number of carbonyl (C=O) groups is 1. The Labute approximate surface area is 119 Å². The van der Waals surface area contributed by atoms with Crippen molar-refractivity contribution in [2.75, 3.05) is 6.54 Å². The second-order valence-corrected chi connectivity index (χ2v) is 5.44. The van der Waals surface area contributed by atoms with E-state index in [0.29, 0.717) is 18.0 Å². The minimum Gasteiger partial charge on any atom is -0.385 e. The number of aliphatic imine (C=N–C) groups is 1. The predicted octanol–water partition coefficient (Wildman–Crippen LogP) is 2.95. The minimum atomic E-state index is -4.42. The fourth-order valence-electron chi connectivity index (χ4n) is 2.50. The Morgan fingerprint density at radius 1 is 1.33 bits per heavy atom. The highest BCUT2D eigenvalue weighted by atomic mass is 19.4. The summed E-state index contributed by atoms with van der Waals surface area (Å²) in [5.74, 6) is 0.461. The maximum absolute atomic E-state index is 12.8. The number of alkyl halides is 3. The molecule has 21 heavy (non-hydrogen) atoms. The van der Waals surface area contributed by atoms with Crippen LogP contribution >= 0.6 is 0 Å². The second kappa shape index (κ2) is 4.75. The summed E-state index contributed by atoms with van der Waals surface area (Å²) in [6.07, 6.45) is -2.37. The summed E-state index contributed by atoms with van der Waals surface area (Å²) in [5, 5.41) is 0. The van der Waals surface area contributed by atoms with Crippen molar-refractivity contribution in [3.8, 4) is 0 Å². The smallest absolute Gasteiger partial charge is 0.385 e. The first-order valence-electron chi connectivity index (χ1n) is 6.68. The quantitative estimate of drug-likeness (QED) is 0.932. The van der Waals surface area contributed by atoms with E-state index in [-0.39, 0.29) is 5.84 Å². The highest BCUT2D eigenvalue weighted by Crippen LogP contribution is 2.37. The molecular formula is C14H14F3N3O. The fourth-order valence-corrected chi connectivity index (χ4v) is 2.50. The van der Waals surface area contributed by atoms with E-state index in [2.05, 4.69) is 4.99 Å². The zero-order chi connectivity index (χ0) is 15.2. The van der Waals surface area contributed by atoms with Crippen LogP contribution in [0.1, 0.15) is 30.0 Å². The first-order valence-corrected chi connectivity index (χ1v) is 6.68. The highest BCUT2D eigenvalue weighted by Gasteiger charge is 2.39. The molecule has 1 fully saturated rings.